The molecule has 2 aliphatic carbocycles. The van der Waals surface area contributed by atoms with Crippen molar-refractivity contribution < 1.29 is 33.7 Å². The number of hydrogen-bond donors (Lipinski definition) is 1. The van der Waals surface area contributed by atoms with Crippen molar-refractivity contribution in [2.75, 3.05) is 59.8 Å². The van der Waals surface area contributed by atoms with Crippen molar-refractivity contribution in [3.8, 4) is 11.5 Å². The van der Waals surface area contributed by atoms with Crippen LogP contribution in [0.15, 0.2) is 91.0 Å². The first-order chi connectivity index (χ1) is 23.9. The third-order valence-electron chi connectivity index (χ3n) is 9.69. The highest BCUT2D eigenvalue weighted by Gasteiger charge is 2.60. The molecule has 1 saturated carbocycles. The van der Waals surface area contributed by atoms with Crippen molar-refractivity contribution in [1.29, 1.82) is 0 Å². The van der Waals surface area contributed by atoms with Gasteiger partial charge in [-0.1, -0.05) is 73.7 Å². The summed E-state index contributed by atoms with van der Waals surface area (Å²) in [4.78, 5) is 32.9. The SMILES string of the molecule is CC/C(=C(\c1ccc(O)cc1)c1ccc(OCCN(C)CCOCCOCCON2C(=O)C3C4C=CC(C4)C3C2=O)cc1)c1ccccc1. The summed E-state index contributed by atoms with van der Waals surface area (Å²) in [6.07, 6.45) is 5.90. The Bertz CT molecular complexity index is 1590. The number of allylic oxidation sites excluding steroid dienone is 3. The zero-order chi connectivity index (χ0) is 34.2. The van der Waals surface area contributed by atoms with Crippen molar-refractivity contribution >= 4 is 23.0 Å². The number of carbonyl (C=O) groups is 2. The van der Waals surface area contributed by atoms with Crippen molar-refractivity contribution in [1.82, 2.24) is 9.96 Å². The van der Waals surface area contributed by atoms with Gasteiger partial charge in [-0.3, -0.25) is 14.4 Å². The fourth-order valence-corrected chi connectivity index (χ4v) is 7.19. The number of phenols is 1. The van der Waals surface area contributed by atoms with Crippen LogP contribution in [0.1, 0.15) is 36.5 Å². The van der Waals surface area contributed by atoms with Gasteiger partial charge < -0.3 is 24.2 Å². The van der Waals surface area contributed by atoms with Crippen LogP contribution in [-0.2, 0) is 23.9 Å². The lowest BCUT2D eigenvalue weighted by molar-refractivity contribution is -0.193. The van der Waals surface area contributed by atoms with Crippen LogP contribution in [0.4, 0.5) is 0 Å². The van der Waals surface area contributed by atoms with Crippen LogP contribution in [0.25, 0.3) is 11.1 Å². The van der Waals surface area contributed by atoms with Gasteiger partial charge in [-0.15, -0.1) is 0 Å². The third-order valence-corrected chi connectivity index (χ3v) is 9.69. The van der Waals surface area contributed by atoms with E-state index in [1.807, 2.05) is 37.4 Å². The molecule has 4 atom stereocenters. The molecule has 1 heterocycles. The van der Waals surface area contributed by atoms with E-state index in [9.17, 15) is 14.7 Å². The molecule has 3 aromatic carbocycles. The van der Waals surface area contributed by atoms with Crippen molar-refractivity contribution in [2.24, 2.45) is 23.7 Å². The van der Waals surface area contributed by atoms with Crippen LogP contribution >= 0.6 is 0 Å². The summed E-state index contributed by atoms with van der Waals surface area (Å²) in [6.45, 7) is 6.06. The number of hydroxylamine groups is 2. The van der Waals surface area contributed by atoms with Crippen LogP contribution < -0.4 is 4.74 Å². The van der Waals surface area contributed by atoms with Crippen LogP contribution in [0.3, 0.4) is 0 Å². The zero-order valence-electron chi connectivity index (χ0n) is 28.3. The molecule has 3 aromatic rings. The predicted octanol–water partition coefficient (Wildman–Crippen LogP) is 5.84. The van der Waals surface area contributed by atoms with Gasteiger partial charge in [0, 0.05) is 13.1 Å². The molecule has 2 bridgehead atoms. The number of rotatable bonds is 18. The highest BCUT2D eigenvalue weighted by molar-refractivity contribution is 6.05. The van der Waals surface area contributed by atoms with E-state index >= 15 is 0 Å². The van der Waals surface area contributed by atoms with E-state index in [4.69, 9.17) is 19.0 Å². The number of hydrogen-bond acceptors (Lipinski definition) is 8. The number of fused-ring (bicyclic) bond motifs is 5. The minimum absolute atomic E-state index is 0.148. The Labute approximate surface area is 288 Å². The number of aromatic hydroxyl groups is 1. The molecular formula is C40H46N2O7. The summed E-state index contributed by atoms with van der Waals surface area (Å²) in [7, 11) is 2.03. The molecule has 4 unspecified atom stereocenters. The van der Waals surface area contributed by atoms with E-state index in [2.05, 4.69) is 60.4 Å². The maximum absolute atomic E-state index is 12.6. The molecule has 3 aliphatic rings. The Morgan fingerprint density at radius 1 is 0.735 bits per heavy atom. The number of phenolic OH excluding ortho intramolecular Hbond substituents is 1. The minimum Gasteiger partial charge on any atom is -0.508 e. The quantitative estimate of drug-likeness (QED) is 0.0783. The maximum Gasteiger partial charge on any atom is 0.258 e. The van der Waals surface area contributed by atoms with Gasteiger partial charge in [-0.05, 0) is 83.8 Å². The smallest absolute Gasteiger partial charge is 0.258 e. The monoisotopic (exact) mass is 666 g/mol. The van der Waals surface area contributed by atoms with E-state index in [1.165, 1.54) is 11.1 Å². The molecule has 2 amide bonds. The average Bonchev–Trinajstić information content (AvgIpc) is 3.81. The van der Waals surface area contributed by atoms with Crippen LogP contribution in [0, 0.1) is 23.7 Å². The fourth-order valence-electron chi connectivity index (χ4n) is 7.19. The molecule has 1 saturated heterocycles. The number of ether oxygens (including phenoxy) is 3. The molecule has 258 valence electrons. The first-order valence-electron chi connectivity index (χ1n) is 17.3. The van der Waals surface area contributed by atoms with Crippen molar-refractivity contribution in [2.45, 2.75) is 19.8 Å². The molecule has 9 heteroatoms. The van der Waals surface area contributed by atoms with Gasteiger partial charge in [0.1, 0.15) is 18.1 Å². The summed E-state index contributed by atoms with van der Waals surface area (Å²) in [5.74, 6) is 0.491. The van der Waals surface area contributed by atoms with Crippen LogP contribution in [0.2, 0.25) is 0 Å². The summed E-state index contributed by atoms with van der Waals surface area (Å²) < 4.78 is 17.3. The second-order valence-electron chi connectivity index (χ2n) is 12.8. The molecule has 49 heavy (non-hydrogen) atoms. The Morgan fingerprint density at radius 2 is 1.31 bits per heavy atom. The van der Waals surface area contributed by atoms with Crippen molar-refractivity contribution in [3.05, 3.63) is 108 Å². The maximum atomic E-state index is 12.6. The molecule has 9 nitrogen and oxygen atoms in total. The van der Waals surface area contributed by atoms with Crippen molar-refractivity contribution in [3.63, 3.8) is 0 Å². The van der Waals surface area contributed by atoms with Gasteiger partial charge in [-0.25, -0.2) is 0 Å². The normalized spacial score (nSPS) is 21.5. The lowest BCUT2D eigenvalue weighted by atomic mass is 9.85. The molecule has 6 rings (SSSR count). The summed E-state index contributed by atoms with van der Waals surface area (Å²) >= 11 is 0. The van der Waals surface area contributed by atoms with Gasteiger partial charge in [0.2, 0.25) is 0 Å². The van der Waals surface area contributed by atoms with E-state index in [0.717, 1.165) is 53.4 Å². The lowest BCUT2D eigenvalue weighted by Crippen LogP contribution is -2.34. The number of imide groups is 1. The zero-order valence-corrected chi connectivity index (χ0v) is 28.3. The molecule has 2 fully saturated rings. The number of nitrogens with zero attached hydrogens (tertiary/aromatic N) is 2. The van der Waals surface area contributed by atoms with E-state index < -0.39 is 0 Å². The summed E-state index contributed by atoms with van der Waals surface area (Å²) in [6, 6.07) is 26.0. The number of benzene rings is 3. The Balaban J connectivity index is 0.870. The topological polar surface area (TPSA) is 97.8 Å². The molecule has 0 spiro atoms. The largest absolute Gasteiger partial charge is 0.508 e. The second-order valence-corrected chi connectivity index (χ2v) is 12.8. The van der Waals surface area contributed by atoms with Crippen LogP contribution in [-0.4, -0.2) is 86.7 Å². The van der Waals surface area contributed by atoms with E-state index in [1.54, 1.807) is 12.1 Å². The Morgan fingerprint density at radius 3 is 1.94 bits per heavy atom. The molecule has 0 aromatic heterocycles. The number of amides is 2. The predicted molar refractivity (Wildman–Crippen MR) is 187 cm³/mol. The number of likely N-dealkylation sites (N-methyl/N-ethyl adjacent to an activating group) is 1. The average molecular weight is 667 g/mol. The number of carbonyl (C=O) groups excluding carboxylic acids is 2. The van der Waals surface area contributed by atoms with Gasteiger partial charge in [0.05, 0.1) is 44.9 Å². The van der Waals surface area contributed by atoms with Gasteiger partial charge >= 0.3 is 0 Å². The first-order valence-corrected chi connectivity index (χ1v) is 17.3. The van der Waals surface area contributed by atoms with E-state index in [-0.39, 0.29) is 54.4 Å². The molecule has 1 aliphatic heterocycles. The van der Waals surface area contributed by atoms with Gasteiger partial charge in [0.15, 0.2) is 0 Å². The Kier molecular flexibility index (Phi) is 11.6. The fraction of sp³-hybridized carbons (Fsp3) is 0.400. The lowest BCUT2D eigenvalue weighted by Gasteiger charge is -2.18. The molecule has 1 N–H and O–H groups in total. The summed E-state index contributed by atoms with van der Waals surface area (Å²) in [5.41, 5.74) is 5.70. The Hall–Kier alpha value is -4.28. The van der Waals surface area contributed by atoms with Gasteiger partial charge in [-0.2, -0.15) is 5.06 Å². The molecule has 0 radical (unpaired) electrons. The van der Waals surface area contributed by atoms with Crippen LogP contribution in [0.5, 0.6) is 11.5 Å². The summed E-state index contributed by atoms with van der Waals surface area (Å²) in [5, 5.41) is 10.9. The van der Waals surface area contributed by atoms with Gasteiger partial charge in [0.25, 0.3) is 11.8 Å². The second kappa shape index (κ2) is 16.4. The molecular weight excluding hydrogens is 620 g/mol. The minimum atomic E-state index is -0.248. The standard InChI is InChI=1S/C40H46N2O7/c1-3-35(28-7-5-4-6-8-28)36(29-11-15-33(43)16-12-29)30-13-17-34(18-14-30)48-22-20-41(2)19-21-46-23-24-47-25-26-49-42-39(44)37-31-9-10-32(27-31)38(37)40(42)45/h4-18,31-32,37-38,43H,3,19-27H2,1-2H3/b36-35-. The third kappa shape index (κ3) is 8.13. The highest BCUT2D eigenvalue weighted by Crippen LogP contribution is 2.52. The highest BCUT2D eigenvalue weighted by atomic mass is 16.7. The van der Waals surface area contributed by atoms with E-state index in [0.29, 0.717) is 26.4 Å². The first kappa shape index (κ1) is 34.6.